The highest BCUT2D eigenvalue weighted by molar-refractivity contribution is 5.79. The van der Waals surface area contributed by atoms with E-state index in [0.717, 1.165) is 0 Å². The van der Waals surface area contributed by atoms with Gasteiger partial charge < -0.3 is 14.7 Å². The number of hydrogen-bond acceptors (Lipinski definition) is 3. The van der Waals surface area contributed by atoms with Crippen molar-refractivity contribution in [3.05, 3.63) is 0 Å². The van der Waals surface area contributed by atoms with Gasteiger partial charge in [-0.1, -0.05) is 6.42 Å². The van der Waals surface area contributed by atoms with Gasteiger partial charge in [0.25, 0.3) is 0 Å². The maximum absolute atomic E-state index is 12.8. The van der Waals surface area contributed by atoms with Crippen molar-refractivity contribution in [1.29, 1.82) is 0 Å². The summed E-state index contributed by atoms with van der Waals surface area (Å²) in [6.45, 7) is 0.803. The van der Waals surface area contributed by atoms with E-state index in [9.17, 15) is 18.0 Å². The highest BCUT2D eigenvalue weighted by Crippen LogP contribution is 2.40. The molecule has 3 unspecified atom stereocenters. The van der Waals surface area contributed by atoms with Crippen LogP contribution in [0.3, 0.4) is 0 Å². The number of amides is 1. The maximum Gasteiger partial charge on any atom is 0.391 e. The normalized spacial score (nSPS) is 32.2. The predicted octanol–water partition coefficient (Wildman–Crippen LogP) is 1.57. The van der Waals surface area contributed by atoms with Gasteiger partial charge in [-0.15, -0.1) is 0 Å². The summed E-state index contributed by atoms with van der Waals surface area (Å²) in [5, 5.41) is 9.04. The van der Waals surface area contributed by atoms with Gasteiger partial charge in [0.05, 0.1) is 25.2 Å². The standard InChI is InChI=1S/C13H20F3NO3/c14-13(15,16)10-3-1-2-9(6-10)12(19)17-4-5-20-11(7-17)8-18/h9-11,18H,1-8H2. The molecule has 1 aliphatic heterocycles. The monoisotopic (exact) mass is 295 g/mol. The van der Waals surface area contributed by atoms with E-state index >= 15 is 0 Å². The number of alkyl halides is 3. The van der Waals surface area contributed by atoms with Crippen LogP contribution < -0.4 is 0 Å². The fraction of sp³-hybridized carbons (Fsp3) is 0.923. The van der Waals surface area contributed by atoms with Crippen molar-refractivity contribution in [1.82, 2.24) is 4.90 Å². The van der Waals surface area contributed by atoms with Crippen LogP contribution >= 0.6 is 0 Å². The predicted molar refractivity (Wildman–Crippen MR) is 64.9 cm³/mol. The van der Waals surface area contributed by atoms with Crippen LogP contribution in [0.2, 0.25) is 0 Å². The minimum atomic E-state index is -4.21. The number of rotatable bonds is 2. The molecule has 2 fully saturated rings. The van der Waals surface area contributed by atoms with Gasteiger partial charge in [0.15, 0.2) is 0 Å². The van der Waals surface area contributed by atoms with Gasteiger partial charge in [-0.05, 0) is 19.3 Å². The first-order chi connectivity index (χ1) is 9.41. The lowest BCUT2D eigenvalue weighted by atomic mass is 9.80. The smallest absolute Gasteiger partial charge is 0.391 e. The zero-order valence-corrected chi connectivity index (χ0v) is 11.2. The van der Waals surface area contributed by atoms with Gasteiger partial charge in [0.1, 0.15) is 0 Å². The lowest BCUT2D eigenvalue weighted by molar-refractivity contribution is -0.188. The first kappa shape index (κ1) is 15.6. The fourth-order valence-electron chi connectivity index (χ4n) is 3.00. The summed E-state index contributed by atoms with van der Waals surface area (Å²) in [6.07, 6.45) is -3.66. The van der Waals surface area contributed by atoms with E-state index in [1.807, 2.05) is 0 Å². The lowest BCUT2D eigenvalue weighted by Gasteiger charge is -2.37. The Labute approximate surface area is 115 Å². The second-order valence-corrected chi connectivity index (χ2v) is 5.56. The first-order valence-electron chi connectivity index (χ1n) is 6.99. The summed E-state index contributed by atoms with van der Waals surface area (Å²) in [5.74, 6) is -2.13. The van der Waals surface area contributed by atoms with E-state index in [4.69, 9.17) is 9.84 Å². The molecule has 1 N–H and O–H groups in total. The molecule has 1 heterocycles. The zero-order chi connectivity index (χ0) is 14.8. The Morgan fingerprint density at radius 3 is 2.75 bits per heavy atom. The molecular weight excluding hydrogens is 275 g/mol. The second-order valence-electron chi connectivity index (χ2n) is 5.56. The Kier molecular flexibility index (Phi) is 4.90. The molecule has 2 aliphatic rings. The van der Waals surface area contributed by atoms with Crippen LogP contribution in [0, 0.1) is 11.8 Å². The van der Waals surface area contributed by atoms with Gasteiger partial charge in [0.2, 0.25) is 5.91 Å². The molecule has 0 aromatic heterocycles. The number of nitrogens with zero attached hydrogens (tertiary/aromatic N) is 1. The van der Waals surface area contributed by atoms with Crippen molar-refractivity contribution in [3.63, 3.8) is 0 Å². The average molecular weight is 295 g/mol. The van der Waals surface area contributed by atoms with E-state index in [2.05, 4.69) is 0 Å². The summed E-state index contributed by atoms with van der Waals surface area (Å²) in [4.78, 5) is 13.8. The Balaban J connectivity index is 1.94. The molecule has 0 radical (unpaired) electrons. The number of morpholine rings is 1. The molecule has 1 saturated heterocycles. The molecular formula is C13H20F3NO3. The van der Waals surface area contributed by atoms with Crippen LogP contribution in [0.25, 0.3) is 0 Å². The van der Waals surface area contributed by atoms with Crippen molar-refractivity contribution in [2.75, 3.05) is 26.3 Å². The third kappa shape index (κ3) is 3.63. The summed E-state index contributed by atoms with van der Waals surface area (Å²) in [5.41, 5.74) is 0. The third-order valence-corrected chi connectivity index (χ3v) is 4.14. The Hall–Kier alpha value is -0.820. The molecule has 20 heavy (non-hydrogen) atoms. The van der Waals surface area contributed by atoms with E-state index in [-0.39, 0.29) is 31.9 Å². The molecule has 0 bridgehead atoms. The number of carbonyl (C=O) groups excluding carboxylic acids is 1. The molecule has 116 valence electrons. The van der Waals surface area contributed by atoms with Crippen molar-refractivity contribution in [2.24, 2.45) is 11.8 Å². The van der Waals surface area contributed by atoms with E-state index in [0.29, 0.717) is 26.0 Å². The van der Waals surface area contributed by atoms with Crippen LogP contribution in [0.15, 0.2) is 0 Å². The molecule has 1 aliphatic carbocycles. The quantitative estimate of drug-likeness (QED) is 0.841. The van der Waals surface area contributed by atoms with Crippen molar-refractivity contribution < 1.29 is 27.8 Å². The topological polar surface area (TPSA) is 49.8 Å². The van der Waals surface area contributed by atoms with E-state index < -0.39 is 24.1 Å². The molecule has 1 amide bonds. The SMILES string of the molecule is O=C(C1CCCC(C(F)(F)F)C1)N1CCOC(CO)C1. The molecule has 0 aromatic rings. The van der Waals surface area contributed by atoms with E-state index in [1.54, 1.807) is 0 Å². The Bertz CT molecular complexity index is 348. The van der Waals surface area contributed by atoms with Crippen molar-refractivity contribution >= 4 is 5.91 Å². The highest BCUT2D eigenvalue weighted by Gasteiger charge is 2.44. The molecule has 1 saturated carbocycles. The largest absolute Gasteiger partial charge is 0.394 e. The summed E-state index contributed by atoms with van der Waals surface area (Å²) < 4.78 is 43.5. The van der Waals surface area contributed by atoms with Crippen LogP contribution in [0.5, 0.6) is 0 Å². The maximum atomic E-state index is 12.8. The summed E-state index contributed by atoms with van der Waals surface area (Å²) >= 11 is 0. The average Bonchev–Trinajstić information content (AvgIpc) is 2.46. The van der Waals surface area contributed by atoms with E-state index in [1.165, 1.54) is 4.90 Å². The second kappa shape index (κ2) is 6.30. The van der Waals surface area contributed by atoms with Gasteiger partial charge in [-0.3, -0.25) is 4.79 Å². The molecule has 4 nitrogen and oxygen atoms in total. The summed E-state index contributed by atoms with van der Waals surface area (Å²) in [7, 11) is 0. The first-order valence-corrected chi connectivity index (χ1v) is 6.99. The fourth-order valence-corrected chi connectivity index (χ4v) is 3.00. The van der Waals surface area contributed by atoms with Gasteiger partial charge in [-0.2, -0.15) is 13.2 Å². The number of aliphatic hydroxyl groups excluding tert-OH is 1. The van der Waals surface area contributed by atoms with Gasteiger partial charge in [-0.25, -0.2) is 0 Å². The van der Waals surface area contributed by atoms with Crippen molar-refractivity contribution in [3.8, 4) is 0 Å². The number of hydrogen-bond donors (Lipinski definition) is 1. The zero-order valence-electron chi connectivity index (χ0n) is 11.2. The summed E-state index contributed by atoms with van der Waals surface area (Å²) in [6, 6.07) is 0. The molecule has 0 spiro atoms. The minimum absolute atomic E-state index is 0.108. The minimum Gasteiger partial charge on any atom is -0.394 e. The molecule has 0 aromatic carbocycles. The number of aliphatic hydroxyl groups is 1. The van der Waals surface area contributed by atoms with Gasteiger partial charge in [0, 0.05) is 19.0 Å². The number of halogens is 3. The van der Waals surface area contributed by atoms with Crippen molar-refractivity contribution in [2.45, 2.75) is 38.0 Å². The van der Waals surface area contributed by atoms with Gasteiger partial charge >= 0.3 is 6.18 Å². The highest BCUT2D eigenvalue weighted by atomic mass is 19.4. The number of carbonyl (C=O) groups is 1. The van der Waals surface area contributed by atoms with Crippen LogP contribution in [0.1, 0.15) is 25.7 Å². The number of ether oxygens (including phenoxy) is 1. The molecule has 3 atom stereocenters. The van der Waals surface area contributed by atoms with Crippen LogP contribution in [-0.2, 0) is 9.53 Å². The van der Waals surface area contributed by atoms with Crippen LogP contribution in [0.4, 0.5) is 13.2 Å². The molecule has 7 heteroatoms. The lowest BCUT2D eigenvalue weighted by Crippen LogP contribution is -2.49. The Morgan fingerprint density at radius 2 is 2.10 bits per heavy atom. The third-order valence-electron chi connectivity index (χ3n) is 4.14. The molecule has 2 rings (SSSR count). The Morgan fingerprint density at radius 1 is 1.35 bits per heavy atom. The van der Waals surface area contributed by atoms with Crippen LogP contribution in [-0.4, -0.2) is 54.5 Å².